The number of benzene rings is 1. The molecule has 0 atom stereocenters. The highest BCUT2D eigenvalue weighted by Gasteiger charge is 2.05. The lowest BCUT2D eigenvalue weighted by atomic mass is 10.2. The molecule has 102 valence electrons. The molecule has 0 bridgehead atoms. The molecule has 1 aromatic carbocycles. The van der Waals surface area contributed by atoms with Crippen LogP contribution in [0.25, 0.3) is 0 Å². The first-order valence-corrected chi connectivity index (χ1v) is 7.59. The summed E-state index contributed by atoms with van der Waals surface area (Å²) < 4.78 is 0. The molecular formula is C14H18ClN3S. The summed E-state index contributed by atoms with van der Waals surface area (Å²) in [5.41, 5.74) is 1.21. The predicted molar refractivity (Wildman–Crippen MR) is 80.7 cm³/mol. The van der Waals surface area contributed by atoms with Gasteiger partial charge < -0.3 is 5.32 Å². The number of nitrogens with zero attached hydrogens (tertiary/aromatic N) is 2. The first kappa shape index (κ1) is 14.4. The second-order valence-electron chi connectivity index (χ2n) is 4.92. The summed E-state index contributed by atoms with van der Waals surface area (Å²) in [6.07, 6.45) is 0.818. The maximum Gasteiger partial charge on any atom is 0.131 e. The van der Waals surface area contributed by atoms with Gasteiger partial charge in [-0.15, -0.1) is 10.2 Å². The maximum absolute atomic E-state index is 5.87. The SMILES string of the molecule is CC(C)CNCc1nnc(Cc2ccc(Cl)cc2)s1. The Bertz CT molecular complexity index is 508. The van der Waals surface area contributed by atoms with Crippen LogP contribution in [0.15, 0.2) is 24.3 Å². The van der Waals surface area contributed by atoms with Crippen LogP contribution in [0.3, 0.4) is 0 Å². The highest BCUT2D eigenvalue weighted by molar-refractivity contribution is 7.11. The fourth-order valence-corrected chi connectivity index (χ4v) is 2.65. The second kappa shape index (κ2) is 6.98. The van der Waals surface area contributed by atoms with E-state index >= 15 is 0 Å². The normalized spacial score (nSPS) is 11.2. The van der Waals surface area contributed by atoms with Gasteiger partial charge in [0.1, 0.15) is 10.0 Å². The van der Waals surface area contributed by atoms with Gasteiger partial charge in [0.05, 0.1) is 0 Å². The molecular weight excluding hydrogens is 278 g/mol. The molecule has 0 saturated heterocycles. The highest BCUT2D eigenvalue weighted by atomic mass is 35.5. The molecule has 3 nitrogen and oxygen atoms in total. The van der Waals surface area contributed by atoms with Crippen molar-refractivity contribution in [3.8, 4) is 0 Å². The third-order valence-corrected chi connectivity index (χ3v) is 3.78. The summed E-state index contributed by atoms with van der Waals surface area (Å²) in [5, 5.41) is 14.7. The van der Waals surface area contributed by atoms with Gasteiger partial charge in [0.2, 0.25) is 0 Å². The van der Waals surface area contributed by atoms with Crippen LogP contribution in [0.5, 0.6) is 0 Å². The van der Waals surface area contributed by atoms with Gasteiger partial charge in [0.25, 0.3) is 0 Å². The van der Waals surface area contributed by atoms with E-state index in [-0.39, 0.29) is 0 Å². The van der Waals surface area contributed by atoms with Crippen LogP contribution in [-0.2, 0) is 13.0 Å². The van der Waals surface area contributed by atoms with Crippen LogP contribution >= 0.6 is 22.9 Å². The zero-order valence-corrected chi connectivity index (χ0v) is 12.8. The van der Waals surface area contributed by atoms with Gasteiger partial charge in [0, 0.05) is 18.0 Å². The fraction of sp³-hybridized carbons (Fsp3) is 0.429. The van der Waals surface area contributed by atoms with Crippen molar-refractivity contribution in [2.24, 2.45) is 5.92 Å². The number of aromatic nitrogens is 2. The van der Waals surface area contributed by atoms with Gasteiger partial charge in [-0.05, 0) is 30.2 Å². The van der Waals surface area contributed by atoms with Crippen LogP contribution in [0.1, 0.15) is 29.4 Å². The number of hydrogen-bond donors (Lipinski definition) is 1. The van der Waals surface area contributed by atoms with E-state index in [1.807, 2.05) is 24.3 Å². The first-order valence-electron chi connectivity index (χ1n) is 6.40. The largest absolute Gasteiger partial charge is 0.310 e. The molecule has 0 unspecified atom stereocenters. The molecule has 0 aliphatic carbocycles. The zero-order chi connectivity index (χ0) is 13.7. The van der Waals surface area contributed by atoms with E-state index < -0.39 is 0 Å². The van der Waals surface area contributed by atoms with Crippen molar-refractivity contribution in [3.63, 3.8) is 0 Å². The van der Waals surface area contributed by atoms with Crippen molar-refractivity contribution in [1.82, 2.24) is 15.5 Å². The van der Waals surface area contributed by atoms with Crippen molar-refractivity contribution in [2.75, 3.05) is 6.54 Å². The van der Waals surface area contributed by atoms with Gasteiger partial charge in [-0.2, -0.15) is 0 Å². The Balaban J connectivity index is 1.88. The lowest BCUT2D eigenvalue weighted by Gasteiger charge is -2.03. The highest BCUT2D eigenvalue weighted by Crippen LogP contribution is 2.16. The molecule has 2 aromatic rings. The minimum absolute atomic E-state index is 0.654. The molecule has 2 rings (SSSR count). The van der Waals surface area contributed by atoms with Crippen LogP contribution in [0, 0.1) is 5.92 Å². The van der Waals surface area contributed by atoms with E-state index in [9.17, 15) is 0 Å². The fourth-order valence-electron chi connectivity index (χ4n) is 1.68. The van der Waals surface area contributed by atoms with Gasteiger partial charge in [0.15, 0.2) is 0 Å². The van der Waals surface area contributed by atoms with E-state index in [2.05, 4.69) is 29.4 Å². The van der Waals surface area contributed by atoms with E-state index in [1.54, 1.807) is 11.3 Å². The number of hydrogen-bond acceptors (Lipinski definition) is 4. The Labute approximate surface area is 123 Å². The van der Waals surface area contributed by atoms with Gasteiger partial charge in [-0.1, -0.05) is 48.9 Å². The monoisotopic (exact) mass is 295 g/mol. The van der Waals surface area contributed by atoms with Crippen molar-refractivity contribution < 1.29 is 0 Å². The van der Waals surface area contributed by atoms with Gasteiger partial charge >= 0.3 is 0 Å². The van der Waals surface area contributed by atoms with E-state index in [4.69, 9.17) is 11.6 Å². The second-order valence-corrected chi connectivity index (χ2v) is 6.50. The smallest absolute Gasteiger partial charge is 0.131 e. The minimum atomic E-state index is 0.654. The van der Waals surface area contributed by atoms with Crippen molar-refractivity contribution in [3.05, 3.63) is 44.9 Å². The summed E-state index contributed by atoms with van der Waals surface area (Å²) >= 11 is 7.53. The molecule has 0 aliphatic rings. The van der Waals surface area contributed by atoms with Crippen molar-refractivity contribution in [2.45, 2.75) is 26.8 Å². The standard InChI is InChI=1S/C14H18ClN3S/c1-10(2)8-16-9-14-18-17-13(19-14)7-11-3-5-12(15)6-4-11/h3-6,10,16H,7-9H2,1-2H3. The lowest BCUT2D eigenvalue weighted by molar-refractivity contribution is 0.550. The Kier molecular flexibility index (Phi) is 5.31. The van der Waals surface area contributed by atoms with Crippen molar-refractivity contribution in [1.29, 1.82) is 0 Å². The lowest BCUT2D eigenvalue weighted by Crippen LogP contribution is -2.18. The number of rotatable bonds is 6. The predicted octanol–water partition coefficient (Wildman–Crippen LogP) is 3.53. The number of nitrogens with one attached hydrogen (secondary N) is 1. The summed E-state index contributed by atoms with van der Waals surface area (Å²) in [4.78, 5) is 0. The molecule has 1 heterocycles. The molecule has 1 N–H and O–H groups in total. The molecule has 19 heavy (non-hydrogen) atoms. The van der Waals surface area contributed by atoms with Crippen LogP contribution in [0.2, 0.25) is 5.02 Å². The van der Waals surface area contributed by atoms with Crippen molar-refractivity contribution >= 4 is 22.9 Å². The molecule has 0 saturated carbocycles. The van der Waals surface area contributed by atoms with E-state index in [0.717, 1.165) is 34.5 Å². The summed E-state index contributed by atoms with van der Waals surface area (Å²) in [6, 6.07) is 7.87. The topological polar surface area (TPSA) is 37.8 Å². The molecule has 0 spiro atoms. The molecule has 0 fully saturated rings. The average molecular weight is 296 g/mol. The minimum Gasteiger partial charge on any atom is -0.310 e. The van der Waals surface area contributed by atoms with Crippen LogP contribution in [0.4, 0.5) is 0 Å². The summed E-state index contributed by atoms with van der Waals surface area (Å²) in [6.45, 7) is 6.20. The third-order valence-electron chi connectivity index (χ3n) is 2.61. The van der Waals surface area contributed by atoms with Gasteiger partial charge in [-0.25, -0.2) is 0 Å². The first-order chi connectivity index (χ1) is 9.13. The average Bonchev–Trinajstić information content (AvgIpc) is 2.79. The van der Waals surface area contributed by atoms with E-state index in [0.29, 0.717) is 5.92 Å². The molecule has 5 heteroatoms. The molecule has 1 aromatic heterocycles. The molecule has 0 radical (unpaired) electrons. The molecule has 0 aliphatic heterocycles. The zero-order valence-electron chi connectivity index (χ0n) is 11.2. The van der Waals surface area contributed by atoms with Crippen LogP contribution < -0.4 is 5.32 Å². The summed E-state index contributed by atoms with van der Waals surface area (Å²) in [7, 11) is 0. The quantitative estimate of drug-likeness (QED) is 0.886. The molecule has 0 amide bonds. The maximum atomic E-state index is 5.87. The Morgan fingerprint density at radius 1 is 1.16 bits per heavy atom. The Morgan fingerprint density at radius 3 is 2.53 bits per heavy atom. The Morgan fingerprint density at radius 2 is 1.84 bits per heavy atom. The van der Waals surface area contributed by atoms with E-state index in [1.165, 1.54) is 5.56 Å². The third kappa shape index (κ3) is 4.90. The Hall–Kier alpha value is -0.970. The van der Waals surface area contributed by atoms with Crippen LogP contribution in [-0.4, -0.2) is 16.7 Å². The number of halogens is 1. The summed E-state index contributed by atoms with van der Waals surface area (Å²) in [5.74, 6) is 0.654. The van der Waals surface area contributed by atoms with Gasteiger partial charge in [-0.3, -0.25) is 0 Å².